The van der Waals surface area contributed by atoms with Crippen LogP contribution >= 0.6 is 11.6 Å². The van der Waals surface area contributed by atoms with E-state index >= 15 is 0 Å². The molecule has 4 aliphatic heterocycles. The van der Waals surface area contributed by atoms with Gasteiger partial charge in [0.15, 0.2) is 5.78 Å². The first-order valence-corrected chi connectivity index (χ1v) is 7.81. The highest BCUT2D eigenvalue weighted by Crippen LogP contribution is 2.29. The highest BCUT2D eigenvalue weighted by atomic mass is 35.5. The van der Waals surface area contributed by atoms with Crippen molar-refractivity contribution in [2.45, 2.75) is 6.42 Å². The molecule has 0 amide bonds. The summed E-state index contributed by atoms with van der Waals surface area (Å²) in [5, 5.41) is 0.678. The van der Waals surface area contributed by atoms with Crippen molar-refractivity contribution in [1.82, 2.24) is 14.7 Å². The molecule has 112 valence electrons. The third kappa shape index (κ3) is 2.60. The summed E-state index contributed by atoms with van der Waals surface area (Å²) < 4.78 is 1.01. The molecule has 0 atom stereocenters. The quantitative estimate of drug-likeness (QED) is 0.621. The van der Waals surface area contributed by atoms with Crippen LogP contribution < -0.4 is 0 Å². The van der Waals surface area contributed by atoms with E-state index < -0.39 is 0 Å². The lowest BCUT2D eigenvalue weighted by molar-refractivity contribution is -0.979. The summed E-state index contributed by atoms with van der Waals surface area (Å²) >= 11 is 5.87. The Morgan fingerprint density at radius 1 is 1.00 bits per heavy atom. The SMILES string of the molecule is O=C(CC[N+]12CN3CN(CN(C3)C1)C2)c1ccc(Cl)cc1. The molecule has 4 aliphatic rings. The molecule has 4 bridgehead atoms. The van der Waals surface area contributed by atoms with Crippen LogP contribution in [0, 0.1) is 0 Å². The standard InChI is InChI=1S/C15H20ClN4O/c16-14-3-1-13(2-4-14)15(21)5-6-20-10-17-7-18(11-20)9-19(8-17)12-20/h1-4H,5-12H2/q+1. The largest absolute Gasteiger partial charge is 0.294 e. The molecule has 5 nitrogen and oxygen atoms in total. The van der Waals surface area contributed by atoms with Gasteiger partial charge in [0.2, 0.25) is 0 Å². The van der Waals surface area contributed by atoms with E-state index in [4.69, 9.17) is 11.6 Å². The van der Waals surface area contributed by atoms with Gasteiger partial charge in [0.1, 0.15) is 20.0 Å². The minimum Gasteiger partial charge on any atom is -0.294 e. The van der Waals surface area contributed by atoms with Crippen LogP contribution in [-0.2, 0) is 0 Å². The van der Waals surface area contributed by atoms with Crippen LogP contribution in [0.1, 0.15) is 16.8 Å². The van der Waals surface area contributed by atoms with Gasteiger partial charge in [-0.2, -0.15) is 0 Å². The maximum atomic E-state index is 12.4. The first-order valence-electron chi connectivity index (χ1n) is 7.43. The third-order valence-electron chi connectivity index (χ3n) is 4.68. The van der Waals surface area contributed by atoms with E-state index in [2.05, 4.69) is 14.7 Å². The van der Waals surface area contributed by atoms with Gasteiger partial charge in [-0.1, -0.05) is 11.6 Å². The Bertz CT molecular complexity index is 524. The average Bonchev–Trinajstić information content (AvgIpc) is 2.44. The van der Waals surface area contributed by atoms with Crippen molar-refractivity contribution < 1.29 is 9.28 Å². The van der Waals surface area contributed by atoms with Crippen molar-refractivity contribution in [3.63, 3.8) is 0 Å². The number of hydrogen-bond donors (Lipinski definition) is 0. The van der Waals surface area contributed by atoms with Crippen molar-refractivity contribution >= 4 is 17.4 Å². The number of halogens is 1. The second kappa shape index (κ2) is 5.04. The molecule has 0 aliphatic carbocycles. The predicted octanol–water partition coefficient (Wildman–Crippen LogP) is 1.42. The van der Waals surface area contributed by atoms with Crippen molar-refractivity contribution in [1.29, 1.82) is 0 Å². The van der Waals surface area contributed by atoms with E-state index in [0.29, 0.717) is 11.4 Å². The van der Waals surface area contributed by atoms with E-state index in [1.165, 1.54) is 0 Å². The zero-order chi connectivity index (χ0) is 14.4. The lowest BCUT2D eigenvalue weighted by atomic mass is 10.1. The first-order chi connectivity index (χ1) is 10.1. The molecule has 0 spiro atoms. The van der Waals surface area contributed by atoms with Gasteiger partial charge < -0.3 is 0 Å². The van der Waals surface area contributed by atoms with Crippen LogP contribution in [0.15, 0.2) is 24.3 Å². The maximum Gasteiger partial charge on any atom is 0.168 e. The van der Waals surface area contributed by atoms with Crippen LogP contribution in [0.3, 0.4) is 0 Å². The molecule has 4 saturated heterocycles. The normalized spacial score (nSPS) is 36.9. The monoisotopic (exact) mass is 307 g/mol. The van der Waals surface area contributed by atoms with Gasteiger partial charge in [0.05, 0.1) is 33.0 Å². The van der Waals surface area contributed by atoms with E-state index in [0.717, 1.165) is 56.6 Å². The van der Waals surface area contributed by atoms with Crippen molar-refractivity contribution in [3.05, 3.63) is 34.9 Å². The molecular weight excluding hydrogens is 288 g/mol. The van der Waals surface area contributed by atoms with E-state index in [1.54, 1.807) is 12.1 Å². The minimum absolute atomic E-state index is 0.223. The van der Waals surface area contributed by atoms with E-state index in [-0.39, 0.29) is 5.78 Å². The fourth-order valence-electron chi connectivity index (χ4n) is 3.99. The van der Waals surface area contributed by atoms with Gasteiger partial charge in [-0.25, -0.2) is 14.7 Å². The fourth-order valence-corrected chi connectivity index (χ4v) is 4.11. The zero-order valence-electron chi connectivity index (χ0n) is 12.0. The van der Waals surface area contributed by atoms with Crippen LogP contribution in [-0.4, -0.2) is 71.5 Å². The van der Waals surface area contributed by atoms with Gasteiger partial charge in [0, 0.05) is 10.6 Å². The number of quaternary nitrogens is 1. The van der Waals surface area contributed by atoms with Gasteiger partial charge in [-0.15, -0.1) is 0 Å². The van der Waals surface area contributed by atoms with E-state index in [1.807, 2.05) is 12.1 Å². The van der Waals surface area contributed by atoms with Crippen LogP contribution in [0.5, 0.6) is 0 Å². The summed E-state index contributed by atoms with van der Waals surface area (Å²) in [6, 6.07) is 7.23. The highest BCUT2D eigenvalue weighted by Gasteiger charge is 2.48. The van der Waals surface area contributed by atoms with Gasteiger partial charge in [-0.05, 0) is 24.3 Å². The zero-order valence-corrected chi connectivity index (χ0v) is 12.8. The predicted molar refractivity (Wildman–Crippen MR) is 80.2 cm³/mol. The first kappa shape index (κ1) is 13.7. The Morgan fingerprint density at radius 3 is 2.05 bits per heavy atom. The van der Waals surface area contributed by atoms with E-state index in [9.17, 15) is 4.79 Å². The summed E-state index contributed by atoms with van der Waals surface area (Å²) in [4.78, 5) is 19.8. The number of hydrogen-bond acceptors (Lipinski definition) is 4. The second-order valence-corrected chi connectivity index (χ2v) is 7.04. The molecule has 1 aromatic rings. The Morgan fingerprint density at radius 2 is 1.52 bits per heavy atom. The van der Waals surface area contributed by atoms with Crippen molar-refractivity contribution in [2.75, 3.05) is 46.6 Å². The molecule has 0 unspecified atom stereocenters. The topological polar surface area (TPSA) is 26.8 Å². The smallest absolute Gasteiger partial charge is 0.168 e. The summed E-state index contributed by atoms with van der Waals surface area (Å²) in [5.41, 5.74) is 0.772. The molecule has 6 heteroatoms. The molecule has 4 heterocycles. The van der Waals surface area contributed by atoms with Crippen LogP contribution in [0.2, 0.25) is 5.02 Å². The number of nitrogens with zero attached hydrogens (tertiary/aromatic N) is 4. The average molecular weight is 308 g/mol. The number of rotatable bonds is 4. The summed E-state index contributed by atoms with van der Waals surface area (Å²) in [6.45, 7) is 7.43. The minimum atomic E-state index is 0.223. The maximum absolute atomic E-state index is 12.4. The number of benzene rings is 1. The Balaban J connectivity index is 1.42. The lowest BCUT2D eigenvalue weighted by Crippen LogP contribution is -2.79. The molecular formula is C15H20ClN4O+. The lowest BCUT2D eigenvalue weighted by Gasteiger charge is -2.60. The molecule has 0 aromatic heterocycles. The van der Waals surface area contributed by atoms with Crippen LogP contribution in [0.4, 0.5) is 0 Å². The number of carbonyl (C=O) groups is 1. The number of Topliss-reactive ketones (excluding diaryl/α,β-unsaturated/α-hetero) is 1. The molecule has 1 aromatic carbocycles. The fraction of sp³-hybridized carbons (Fsp3) is 0.533. The highest BCUT2D eigenvalue weighted by molar-refractivity contribution is 6.30. The second-order valence-electron chi connectivity index (χ2n) is 6.61. The summed E-state index contributed by atoms with van der Waals surface area (Å²) in [5.74, 6) is 0.223. The number of ketones is 1. The van der Waals surface area contributed by atoms with Gasteiger partial charge in [-0.3, -0.25) is 9.28 Å². The van der Waals surface area contributed by atoms with Crippen LogP contribution in [0.25, 0.3) is 0 Å². The Hall–Kier alpha value is -0.980. The third-order valence-corrected chi connectivity index (χ3v) is 4.93. The molecule has 0 radical (unpaired) electrons. The van der Waals surface area contributed by atoms with Crippen molar-refractivity contribution in [2.24, 2.45) is 0 Å². The Labute approximate surface area is 129 Å². The molecule has 4 fully saturated rings. The van der Waals surface area contributed by atoms with Crippen molar-refractivity contribution in [3.8, 4) is 0 Å². The molecule has 0 saturated carbocycles. The summed E-state index contributed by atoms with van der Waals surface area (Å²) in [6.07, 6.45) is 0.608. The van der Waals surface area contributed by atoms with Gasteiger partial charge >= 0.3 is 0 Å². The molecule has 21 heavy (non-hydrogen) atoms. The summed E-state index contributed by atoms with van der Waals surface area (Å²) in [7, 11) is 0. The Kier molecular flexibility index (Phi) is 3.28. The molecule has 5 rings (SSSR count). The van der Waals surface area contributed by atoms with Gasteiger partial charge in [0.25, 0.3) is 0 Å². The number of carbonyl (C=O) groups excluding carboxylic acids is 1. The molecule has 0 N–H and O–H groups in total.